The van der Waals surface area contributed by atoms with Gasteiger partial charge in [-0.1, -0.05) is 5.92 Å². The van der Waals surface area contributed by atoms with Crippen LogP contribution in [0, 0.1) is 12.3 Å². The van der Waals surface area contributed by atoms with Crippen LogP contribution in [0.4, 0.5) is 0 Å². The normalized spacial score (nSPS) is 30.2. The molecule has 8 nitrogen and oxygen atoms in total. The van der Waals surface area contributed by atoms with Gasteiger partial charge in [0, 0.05) is 6.20 Å². The number of hydrogen-bond acceptors (Lipinski definition) is 6. The Hall–Kier alpha value is -1.92. The van der Waals surface area contributed by atoms with Crippen molar-refractivity contribution < 1.29 is 20.1 Å². The van der Waals surface area contributed by atoms with Crippen molar-refractivity contribution in [3.8, 4) is 12.3 Å². The average Bonchev–Trinajstić information content (AvgIpc) is 2.67. The summed E-state index contributed by atoms with van der Waals surface area (Å²) in [5.41, 5.74) is -1.67. The van der Waals surface area contributed by atoms with Crippen LogP contribution in [-0.4, -0.2) is 49.8 Å². The van der Waals surface area contributed by atoms with Gasteiger partial charge >= 0.3 is 5.69 Å². The highest BCUT2D eigenvalue weighted by Crippen LogP contribution is 2.27. The van der Waals surface area contributed by atoms with Crippen molar-refractivity contribution in [3.05, 3.63) is 32.6 Å². The van der Waals surface area contributed by atoms with E-state index in [2.05, 4.69) is 5.92 Å². The van der Waals surface area contributed by atoms with E-state index in [0.717, 1.165) is 10.8 Å². The summed E-state index contributed by atoms with van der Waals surface area (Å²) in [6, 6.07) is 0. The number of hydrogen-bond donors (Lipinski definition) is 4. The molecule has 2 rings (SSSR count). The molecule has 102 valence electrons. The van der Waals surface area contributed by atoms with E-state index < -0.39 is 42.4 Å². The monoisotopic (exact) mass is 268 g/mol. The van der Waals surface area contributed by atoms with Gasteiger partial charge in [0.05, 0.1) is 6.61 Å². The number of terminal acetylenes is 1. The third kappa shape index (κ3) is 2.20. The molecule has 1 fully saturated rings. The van der Waals surface area contributed by atoms with E-state index in [1.165, 1.54) is 0 Å². The van der Waals surface area contributed by atoms with Crippen LogP contribution in [0.2, 0.25) is 0 Å². The molecule has 0 unspecified atom stereocenters. The van der Waals surface area contributed by atoms with Gasteiger partial charge in [-0.25, -0.2) is 4.79 Å². The van der Waals surface area contributed by atoms with E-state index in [1.807, 2.05) is 4.98 Å². The van der Waals surface area contributed by atoms with E-state index >= 15 is 0 Å². The first-order chi connectivity index (χ1) is 8.99. The number of nitrogens with one attached hydrogen (secondary N) is 1. The number of aliphatic hydroxyl groups excluding tert-OH is 3. The molecule has 1 aliphatic heterocycles. The summed E-state index contributed by atoms with van der Waals surface area (Å²) < 4.78 is 6.04. The number of aliphatic hydroxyl groups is 3. The maximum absolute atomic E-state index is 11.6. The fraction of sp³-hybridized carbons (Fsp3) is 0.455. The van der Waals surface area contributed by atoms with Crippen LogP contribution in [0.1, 0.15) is 11.8 Å². The van der Waals surface area contributed by atoms with Crippen LogP contribution in [-0.2, 0) is 4.74 Å². The van der Waals surface area contributed by atoms with Crippen LogP contribution in [0.5, 0.6) is 0 Å². The summed E-state index contributed by atoms with van der Waals surface area (Å²) >= 11 is 0. The molecule has 0 aromatic carbocycles. The number of ether oxygens (including phenoxy) is 1. The molecule has 1 aromatic rings. The van der Waals surface area contributed by atoms with E-state index in [9.17, 15) is 19.8 Å². The fourth-order valence-electron chi connectivity index (χ4n) is 1.89. The van der Waals surface area contributed by atoms with E-state index in [0.29, 0.717) is 0 Å². The summed E-state index contributed by atoms with van der Waals surface area (Å²) in [5.74, 6) is 2.09. The number of rotatable bonds is 2. The summed E-state index contributed by atoms with van der Waals surface area (Å²) in [7, 11) is 0. The Morgan fingerprint density at radius 2 is 2.11 bits per heavy atom. The average molecular weight is 268 g/mol. The van der Waals surface area contributed by atoms with Gasteiger partial charge in [-0.15, -0.1) is 6.42 Å². The maximum Gasteiger partial charge on any atom is 0.330 e. The highest BCUT2D eigenvalue weighted by molar-refractivity contribution is 5.26. The largest absolute Gasteiger partial charge is 0.394 e. The van der Waals surface area contributed by atoms with Crippen molar-refractivity contribution in [2.24, 2.45) is 0 Å². The highest BCUT2D eigenvalue weighted by atomic mass is 16.6. The third-order valence-corrected chi connectivity index (χ3v) is 2.91. The minimum Gasteiger partial charge on any atom is -0.394 e. The van der Waals surface area contributed by atoms with Crippen LogP contribution in [0.15, 0.2) is 15.8 Å². The molecule has 0 spiro atoms. The zero-order chi connectivity index (χ0) is 14.2. The Bertz CT molecular complexity index is 627. The zero-order valence-corrected chi connectivity index (χ0v) is 9.68. The van der Waals surface area contributed by atoms with Gasteiger partial charge in [0.1, 0.15) is 23.9 Å². The molecular formula is C11H12N2O6. The lowest BCUT2D eigenvalue weighted by molar-refractivity contribution is -0.0550. The molecule has 4 atom stereocenters. The summed E-state index contributed by atoms with van der Waals surface area (Å²) in [5, 5.41) is 28.3. The number of H-pyrrole nitrogens is 1. The molecular weight excluding hydrogens is 256 g/mol. The van der Waals surface area contributed by atoms with Gasteiger partial charge in [-0.05, 0) is 0 Å². The Labute approximate surface area is 106 Å². The Morgan fingerprint density at radius 1 is 1.42 bits per heavy atom. The first-order valence-electron chi connectivity index (χ1n) is 5.44. The molecule has 2 heterocycles. The van der Waals surface area contributed by atoms with Gasteiger partial charge < -0.3 is 20.1 Å². The fourth-order valence-corrected chi connectivity index (χ4v) is 1.89. The quantitative estimate of drug-likeness (QED) is 0.427. The molecule has 8 heteroatoms. The van der Waals surface area contributed by atoms with Crippen molar-refractivity contribution in [3.63, 3.8) is 0 Å². The Balaban J connectivity index is 2.46. The lowest BCUT2D eigenvalue weighted by atomic mass is 10.1. The standard InChI is InChI=1S/C11H12N2O6/c1-2-5-3-13(11(18)12-9(5)17)10-8(16)7(15)6(4-14)19-10/h1,3,6-8,10,14-16H,4H2,(H,12,17,18)/t6-,7-,8-,10-/m1/s1. The number of aromatic amines is 1. The highest BCUT2D eigenvalue weighted by Gasteiger charge is 2.43. The molecule has 4 N–H and O–H groups in total. The predicted molar refractivity (Wildman–Crippen MR) is 62.3 cm³/mol. The molecule has 19 heavy (non-hydrogen) atoms. The number of nitrogens with zero attached hydrogens (tertiary/aromatic N) is 1. The lowest BCUT2D eigenvalue weighted by Gasteiger charge is -2.17. The van der Waals surface area contributed by atoms with Crippen molar-refractivity contribution in [1.29, 1.82) is 0 Å². The first-order valence-corrected chi connectivity index (χ1v) is 5.44. The second kappa shape index (κ2) is 4.99. The van der Waals surface area contributed by atoms with Crippen LogP contribution in [0.3, 0.4) is 0 Å². The van der Waals surface area contributed by atoms with Crippen molar-refractivity contribution in [1.82, 2.24) is 9.55 Å². The van der Waals surface area contributed by atoms with Crippen LogP contribution in [0.25, 0.3) is 0 Å². The summed E-state index contributed by atoms with van der Waals surface area (Å²) in [6.45, 7) is -0.519. The van der Waals surface area contributed by atoms with Gasteiger partial charge in [-0.3, -0.25) is 14.3 Å². The SMILES string of the molecule is C#Cc1cn([C@@H]2O[C@H](CO)[C@@H](O)[C@H]2O)c(=O)[nH]c1=O. The minimum atomic E-state index is -1.42. The Kier molecular flexibility index (Phi) is 3.55. The van der Waals surface area contributed by atoms with E-state index in [-0.39, 0.29) is 5.56 Å². The van der Waals surface area contributed by atoms with Crippen molar-refractivity contribution >= 4 is 0 Å². The third-order valence-electron chi connectivity index (χ3n) is 2.91. The van der Waals surface area contributed by atoms with Gasteiger partial charge in [-0.2, -0.15) is 0 Å². The van der Waals surface area contributed by atoms with E-state index in [1.54, 1.807) is 0 Å². The topological polar surface area (TPSA) is 125 Å². The molecule has 1 aromatic heterocycles. The number of aromatic nitrogens is 2. The summed E-state index contributed by atoms with van der Waals surface area (Å²) in [6.07, 6.45) is 1.14. The molecule has 1 aliphatic rings. The van der Waals surface area contributed by atoms with Gasteiger partial charge in [0.25, 0.3) is 5.56 Å². The molecule has 0 radical (unpaired) electrons. The molecule has 0 aliphatic carbocycles. The van der Waals surface area contributed by atoms with Crippen LogP contribution >= 0.6 is 0 Å². The van der Waals surface area contributed by atoms with Crippen molar-refractivity contribution in [2.45, 2.75) is 24.5 Å². The maximum atomic E-state index is 11.6. The predicted octanol–water partition coefficient (Wildman–Crippen LogP) is -2.87. The molecule has 1 saturated heterocycles. The summed E-state index contributed by atoms with van der Waals surface area (Å²) in [4.78, 5) is 24.9. The lowest BCUT2D eigenvalue weighted by Crippen LogP contribution is -2.38. The van der Waals surface area contributed by atoms with Gasteiger partial charge in [0.2, 0.25) is 0 Å². The van der Waals surface area contributed by atoms with Crippen LogP contribution < -0.4 is 11.2 Å². The molecule has 0 amide bonds. The zero-order valence-electron chi connectivity index (χ0n) is 9.68. The smallest absolute Gasteiger partial charge is 0.330 e. The van der Waals surface area contributed by atoms with E-state index in [4.69, 9.17) is 16.3 Å². The molecule has 0 bridgehead atoms. The van der Waals surface area contributed by atoms with Gasteiger partial charge in [0.15, 0.2) is 6.23 Å². The second-order valence-corrected chi connectivity index (χ2v) is 4.08. The Morgan fingerprint density at radius 3 is 2.63 bits per heavy atom. The van der Waals surface area contributed by atoms with Crippen molar-refractivity contribution in [2.75, 3.05) is 6.61 Å². The minimum absolute atomic E-state index is 0.114. The second-order valence-electron chi connectivity index (χ2n) is 4.08. The first kappa shape index (κ1) is 13.5. The molecule has 0 saturated carbocycles.